The lowest BCUT2D eigenvalue weighted by Gasteiger charge is -2.18. The molecule has 1 aromatic rings. The van der Waals surface area contributed by atoms with E-state index in [0.717, 1.165) is 0 Å². The van der Waals surface area contributed by atoms with Gasteiger partial charge in [-0.05, 0) is 37.5 Å². The summed E-state index contributed by atoms with van der Waals surface area (Å²) in [6, 6.07) is 2.81. The van der Waals surface area contributed by atoms with Crippen molar-refractivity contribution in [1.82, 2.24) is 10.6 Å². The Bertz CT molecular complexity index is 520. The number of halogens is 1. The van der Waals surface area contributed by atoms with Crippen molar-refractivity contribution in [3.63, 3.8) is 0 Å². The summed E-state index contributed by atoms with van der Waals surface area (Å²) >= 11 is 0. The molecule has 0 aliphatic carbocycles. The number of amides is 2. The molecule has 0 saturated heterocycles. The van der Waals surface area contributed by atoms with Crippen LogP contribution >= 0.6 is 0 Å². The molecule has 0 heterocycles. The maximum Gasteiger partial charge on any atom is 0.326 e. The topological polar surface area (TPSA) is 78.4 Å². The number of carboxylic acids is 1. The smallest absolute Gasteiger partial charge is 0.326 e. The summed E-state index contributed by atoms with van der Waals surface area (Å²) in [5, 5.41) is 14.0. The fraction of sp³-hybridized carbons (Fsp3) is 0.467. The lowest BCUT2D eigenvalue weighted by atomic mass is 10.1. The van der Waals surface area contributed by atoms with Crippen LogP contribution in [0.25, 0.3) is 0 Å². The van der Waals surface area contributed by atoms with Gasteiger partial charge in [-0.1, -0.05) is 25.5 Å². The Kier molecular flexibility index (Phi) is 6.14. The molecule has 5 nitrogen and oxygen atoms in total. The molecule has 6 heteroatoms. The molecule has 0 radical (unpaired) electrons. The van der Waals surface area contributed by atoms with Gasteiger partial charge in [-0.15, -0.1) is 0 Å². The van der Waals surface area contributed by atoms with Gasteiger partial charge in [0.05, 0.1) is 6.04 Å². The number of hydrogen-bond acceptors (Lipinski definition) is 2. The molecule has 0 aromatic heterocycles. The number of aryl methyl sites for hydroxylation is 1. The molecule has 0 aliphatic heterocycles. The molecule has 3 N–H and O–H groups in total. The van der Waals surface area contributed by atoms with E-state index in [1.54, 1.807) is 26.0 Å². The van der Waals surface area contributed by atoms with Crippen LogP contribution in [0.2, 0.25) is 0 Å². The Hall–Kier alpha value is -2.11. The quantitative estimate of drug-likeness (QED) is 0.755. The van der Waals surface area contributed by atoms with Crippen LogP contribution in [0, 0.1) is 12.7 Å². The molecule has 1 aromatic carbocycles. The van der Waals surface area contributed by atoms with Crippen molar-refractivity contribution in [2.45, 2.75) is 45.7 Å². The highest BCUT2D eigenvalue weighted by molar-refractivity contribution is 5.82. The molecule has 0 bridgehead atoms. The molecule has 1 rings (SSSR count). The predicted octanol–water partition coefficient (Wildman–Crippen LogP) is 2.75. The van der Waals surface area contributed by atoms with E-state index in [4.69, 9.17) is 5.11 Å². The summed E-state index contributed by atoms with van der Waals surface area (Å²) in [6.45, 7) is 5.21. The standard InChI is InChI=1S/C15H21FN2O3/c1-4-5-13(14(19)20)18-15(21)17-10(3)11-7-6-9(2)12(16)8-11/h6-8,10,13H,4-5H2,1-3H3,(H,19,20)(H2,17,18,21)/t10?,13-/m0/s1. The summed E-state index contributed by atoms with van der Waals surface area (Å²) < 4.78 is 13.5. The number of carbonyl (C=O) groups is 2. The molecule has 0 spiro atoms. The first-order valence-electron chi connectivity index (χ1n) is 6.91. The van der Waals surface area contributed by atoms with Crippen LogP contribution in [0.15, 0.2) is 18.2 Å². The van der Waals surface area contributed by atoms with Gasteiger partial charge in [-0.2, -0.15) is 0 Å². The van der Waals surface area contributed by atoms with Crippen molar-refractivity contribution < 1.29 is 19.1 Å². The van der Waals surface area contributed by atoms with E-state index in [1.807, 2.05) is 6.92 Å². The van der Waals surface area contributed by atoms with Crippen molar-refractivity contribution in [3.8, 4) is 0 Å². The molecular weight excluding hydrogens is 275 g/mol. The van der Waals surface area contributed by atoms with Gasteiger partial charge in [0.25, 0.3) is 0 Å². The maximum absolute atomic E-state index is 13.5. The first-order valence-corrected chi connectivity index (χ1v) is 6.91. The minimum atomic E-state index is -1.07. The van der Waals surface area contributed by atoms with Crippen LogP contribution in [0.5, 0.6) is 0 Å². The molecule has 0 fully saturated rings. The molecule has 116 valence electrons. The van der Waals surface area contributed by atoms with E-state index in [9.17, 15) is 14.0 Å². The van der Waals surface area contributed by atoms with Gasteiger partial charge in [-0.25, -0.2) is 14.0 Å². The zero-order valence-corrected chi connectivity index (χ0v) is 12.4. The van der Waals surface area contributed by atoms with Crippen molar-refractivity contribution in [2.75, 3.05) is 0 Å². The highest BCUT2D eigenvalue weighted by Crippen LogP contribution is 2.16. The lowest BCUT2D eigenvalue weighted by molar-refractivity contribution is -0.139. The minimum absolute atomic E-state index is 0.337. The predicted molar refractivity (Wildman–Crippen MR) is 77.6 cm³/mol. The summed E-state index contributed by atoms with van der Waals surface area (Å²) in [4.78, 5) is 22.8. The highest BCUT2D eigenvalue weighted by atomic mass is 19.1. The van der Waals surface area contributed by atoms with Crippen molar-refractivity contribution in [3.05, 3.63) is 35.1 Å². The average molecular weight is 296 g/mol. The van der Waals surface area contributed by atoms with Crippen molar-refractivity contribution in [2.24, 2.45) is 0 Å². The fourth-order valence-corrected chi connectivity index (χ4v) is 1.90. The third-order valence-electron chi connectivity index (χ3n) is 3.22. The van der Waals surface area contributed by atoms with Crippen molar-refractivity contribution >= 4 is 12.0 Å². The number of carboxylic acid groups (broad SMARTS) is 1. The second-order valence-electron chi connectivity index (χ2n) is 5.03. The zero-order chi connectivity index (χ0) is 16.0. The number of urea groups is 1. The number of rotatable bonds is 6. The van der Waals surface area contributed by atoms with Gasteiger partial charge in [0.2, 0.25) is 0 Å². The van der Waals surface area contributed by atoms with E-state index in [0.29, 0.717) is 24.0 Å². The van der Waals surface area contributed by atoms with Crippen molar-refractivity contribution in [1.29, 1.82) is 0 Å². The fourth-order valence-electron chi connectivity index (χ4n) is 1.90. The summed E-state index contributed by atoms with van der Waals surface area (Å²) in [7, 11) is 0. The SMILES string of the molecule is CCC[C@H](NC(=O)NC(C)c1ccc(C)c(F)c1)C(=O)O. The molecule has 2 amide bonds. The molecule has 1 unspecified atom stereocenters. The van der Waals surface area contributed by atoms with E-state index < -0.39 is 24.1 Å². The largest absolute Gasteiger partial charge is 0.480 e. The Morgan fingerprint density at radius 3 is 2.52 bits per heavy atom. The zero-order valence-electron chi connectivity index (χ0n) is 12.4. The van der Waals surface area contributed by atoms with E-state index in [1.165, 1.54) is 6.07 Å². The lowest BCUT2D eigenvalue weighted by Crippen LogP contribution is -2.46. The van der Waals surface area contributed by atoms with E-state index in [-0.39, 0.29) is 5.82 Å². The second-order valence-corrected chi connectivity index (χ2v) is 5.03. The van der Waals surface area contributed by atoms with E-state index in [2.05, 4.69) is 10.6 Å². The number of carbonyl (C=O) groups excluding carboxylic acids is 1. The molecule has 21 heavy (non-hydrogen) atoms. The Balaban J connectivity index is 2.64. The summed E-state index contributed by atoms with van der Waals surface area (Å²) in [5.74, 6) is -1.41. The Morgan fingerprint density at radius 2 is 2.00 bits per heavy atom. The van der Waals surface area contributed by atoms with Gasteiger partial charge < -0.3 is 15.7 Å². The third kappa shape index (κ3) is 5.06. The molecule has 0 saturated carbocycles. The van der Waals surface area contributed by atoms with Gasteiger partial charge in [0, 0.05) is 0 Å². The number of benzene rings is 1. The highest BCUT2D eigenvalue weighted by Gasteiger charge is 2.20. The van der Waals surface area contributed by atoms with Crippen LogP contribution in [-0.2, 0) is 4.79 Å². The first kappa shape index (κ1) is 16.9. The first-order chi connectivity index (χ1) is 9.85. The van der Waals surface area contributed by atoms with Crippen LogP contribution in [0.4, 0.5) is 9.18 Å². The third-order valence-corrected chi connectivity index (χ3v) is 3.22. The molecule has 2 atom stereocenters. The second kappa shape index (κ2) is 7.61. The van der Waals surface area contributed by atoms with Gasteiger partial charge in [0.15, 0.2) is 0 Å². The van der Waals surface area contributed by atoms with Crippen LogP contribution in [0.1, 0.15) is 43.9 Å². The maximum atomic E-state index is 13.5. The summed E-state index contributed by atoms with van der Waals surface area (Å²) in [6.07, 6.45) is 1.01. The average Bonchev–Trinajstić information content (AvgIpc) is 2.41. The number of aliphatic carboxylic acids is 1. The van der Waals surface area contributed by atoms with Gasteiger partial charge in [-0.3, -0.25) is 0 Å². The van der Waals surface area contributed by atoms with Crippen LogP contribution in [-0.4, -0.2) is 23.1 Å². The molecular formula is C15H21FN2O3. The van der Waals surface area contributed by atoms with E-state index >= 15 is 0 Å². The normalized spacial score (nSPS) is 13.3. The number of nitrogens with one attached hydrogen (secondary N) is 2. The Labute approximate surface area is 123 Å². The van der Waals surface area contributed by atoms with Crippen LogP contribution in [0.3, 0.4) is 0 Å². The van der Waals surface area contributed by atoms with Gasteiger partial charge >= 0.3 is 12.0 Å². The van der Waals surface area contributed by atoms with Gasteiger partial charge in [0.1, 0.15) is 11.9 Å². The monoisotopic (exact) mass is 296 g/mol. The summed E-state index contributed by atoms with van der Waals surface area (Å²) in [5.41, 5.74) is 1.15. The number of hydrogen-bond donors (Lipinski definition) is 3. The molecule has 0 aliphatic rings. The minimum Gasteiger partial charge on any atom is -0.480 e. The Morgan fingerprint density at radius 1 is 1.33 bits per heavy atom. The van der Waals surface area contributed by atoms with Crippen LogP contribution < -0.4 is 10.6 Å².